The Hall–Kier alpha value is -2.62. The Morgan fingerprint density at radius 3 is 2.57 bits per heavy atom. The number of carbonyl (C=O) groups excluding carboxylic acids is 2. The van der Waals surface area contributed by atoms with Gasteiger partial charge in [0, 0.05) is 18.7 Å². The summed E-state index contributed by atoms with van der Waals surface area (Å²) in [6, 6.07) is 16.9. The average molecular weight is 308 g/mol. The van der Waals surface area contributed by atoms with Gasteiger partial charge in [-0.1, -0.05) is 42.5 Å². The highest BCUT2D eigenvalue weighted by atomic mass is 16.2. The normalized spacial score (nSPS) is 17.3. The van der Waals surface area contributed by atoms with Gasteiger partial charge in [0.25, 0.3) is 0 Å². The van der Waals surface area contributed by atoms with Crippen molar-refractivity contribution in [2.75, 3.05) is 4.90 Å². The molecule has 0 bridgehead atoms. The van der Waals surface area contributed by atoms with Gasteiger partial charge in [-0.05, 0) is 36.6 Å². The molecule has 4 heteroatoms. The summed E-state index contributed by atoms with van der Waals surface area (Å²) >= 11 is 0. The monoisotopic (exact) mass is 308 g/mol. The van der Waals surface area contributed by atoms with Crippen LogP contribution in [0.15, 0.2) is 54.6 Å². The van der Waals surface area contributed by atoms with Crippen molar-refractivity contribution in [2.24, 2.45) is 0 Å². The predicted molar refractivity (Wildman–Crippen MR) is 90.0 cm³/mol. The molecule has 0 saturated carbocycles. The van der Waals surface area contributed by atoms with Gasteiger partial charge in [0.1, 0.15) is 6.04 Å². The maximum absolute atomic E-state index is 12.6. The Morgan fingerprint density at radius 1 is 1.13 bits per heavy atom. The second kappa shape index (κ2) is 6.65. The van der Waals surface area contributed by atoms with Gasteiger partial charge in [-0.2, -0.15) is 0 Å². The highest BCUT2D eigenvalue weighted by molar-refractivity contribution is 6.03. The number of nitrogens with one attached hydrogen (secondary N) is 1. The molecule has 2 aromatic rings. The summed E-state index contributed by atoms with van der Waals surface area (Å²) in [5, 5.41) is 2.97. The van der Waals surface area contributed by atoms with Crippen LogP contribution in [0.2, 0.25) is 0 Å². The third-order valence-corrected chi connectivity index (χ3v) is 4.26. The van der Waals surface area contributed by atoms with Crippen molar-refractivity contribution in [3.63, 3.8) is 0 Å². The van der Waals surface area contributed by atoms with E-state index in [1.54, 1.807) is 4.90 Å². The Morgan fingerprint density at radius 2 is 1.83 bits per heavy atom. The predicted octanol–water partition coefficient (Wildman–Crippen LogP) is 2.81. The maximum Gasteiger partial charge on any atom is 0.243 e. The summed E-state index contributed by atoms with van der Waals surface area (Å²) in [5.74, 6) is -0.0878. The fraction of sp³-hybridized carbons (Fsp3) is 0.263. The zero-order valence-corrected chi connectivity index (χ0v) is 13.2. The summed E-state index contributed by atoms with van der Waals surface area (Å²) in [6.07, 6.45) is 0.977. The fourth-order valence-electron chi connectivity index (χ4n) is 2.95. The van der Waals surface area contributed by atoms with Crippen LogP contribution in [0, 0.1) is 6.92 Å². The van der Waals surface area contributed by atoms with Crippen molar-refractivity contribution in [3.8, 4) is 0 Å². The number of amides is 2. The number of aryl methyl sites for hydroxylation is 1. The molecule has 2 aromatic carbocycles. The second-order valence-corrected chi connectivity index (χ2v) is 5.80. The molecule has 2 amide bonds. The minimum atomic E-state index is -0.422. The first-order valence-electron chi connectivity index (χ1n) is 7.86. The van der Waals surface area contributed by atoms with E-state index in [1.807, 2.05) is 61.5 Å². The number of carbonyl (C=O) groups is 2. The number of nitrogens with zero attached hydrogens (tertiary/aromatic N) is 1. The van der Waals surface area contributed by atoms with E-state index in [-0.39, 0.29) is 11.8 Å². The quantitative estimate of drug-likeness (QED) is 0.944. The molecule has 1 unspecified atom stereocenters. The summed E-state index contributed by atoms with van der Waals surface area (Å²) in [7, 11) is 0. The number of rotatable bonds is 4. The molecule has 1 N–H and O–H groups in total. The lowest BCUT2D eigenvalue weighted by molar-refractivity contribution is -0.124. The molecule has 1 fully saturated rings. The molecule has 1 atom stereocenters. The van der Waals surface area contributed by atoms with Crippen LogP contribution in [-0.4, -0.2) is 17.9 Å². The lowest BCUT2D eigenvalue weighted by Crippen LogP contribution is -2.44. The molecular weight excluding hydrogens is 288 g/mol. The van der Waals surface area contributed by atoms with Gasteiger partial charge in [0.2, 0.25) is 11.8 Å². The van der Waals surface area contributed by atoms with Crippen molar-refractivity contribution in [3.05, 3.63) is 65.7 Å². The third-order valence-electron chi connectivity index (χ3n) is 4.26. The van der Waals surface area contributed by atoms with Crippen LogP contribution in [0.5, 0.6) is 0 Å². The van der Waals surface area contributed by atoms with E-state index in [0.29, 0.717) is 19.4 Å². The van der Waals surface area contributed by atoms with Crippen LogP contribution in [0.3, 0.4) is 0 Å². The lowest BCUT2D eigenvalue weighted by Gasteiger charge is -2.24. The smallest absolute Gasteiger partial charge is 0.243 e. The maximum atomic E-state index is 12.6. The van der Waals surface area contributed by atoms with Crippen LogP contribution in [0.1, 0.15) is 24.0 Å². The summed E-state index contributed by atoms with van der Waals surface area (Å²) in [5.41, 5.74) is 3.03. The summed E-state index contributed by atoms with van der Waals surface area (Å²) in [6.45, 7) is 2.51. The number of hydrogen-bond donors (Lipinski definition) is 1. The van der Waals surface area contributed by atoms with E-state index < -0.39 is 6.04 Å². The molecule has 1 aliphatic heterocycles. The van der Waals surface area contributed by atoms with Gasteiger partial charge >= 0.3 is 0 Å². The minimum Gasteiger partial charge on any atom is -0.350 e. The Kier molecular flexibility index (Phi) is 4.42. The standard InChI is InChI=1S/C19H20N2O2/c1-14-7-5-6-8-15(14)13-20-19(23)17-11-12-18(22)21(17)16-9-3-2-4-10-16/h2-10,17H,11-13H2,1H3,(H,20,23). The number of hydrogen-bond acceptors (Lipinski definition) is 2. The molecule has 1 saturated heterocycles. The van der Waals surface area contributed by atoms with E-state index in [4.69, 9.17) is 0 Å². The topological polar surface area (TPSA) is 49.4 Å². The zero-order chi connectivity index (χ0) is 16.2. The van der Waals surface area contributed by atoms with Crippen LogP contribution < -0.4 is 10.2 Å². The van der Waals surface area contributed by atoms with Gasteiger partial charge in [0.05, 0.1) is 0 Å². The molecule has 0 spiro atoms. The second-order valence-electron chi connectivity index (χ2n) is 5.80. The van der Waals surface area contributed by atoms with E-state index in [1.165, 1.54) is 0 Å². The largest absolute Gasteiger partial charge is 0.350 e. The highest BCUT2D eigenvalue weighted by Crippen LogP contribution is 2.26. The molecule has 0 aromatic heterocycles. The molecular formula is C19H20N2O2. The first kappa shape index (κ1) is 15.3. The molecule has 4 nitrogen and oxygen atoms in total. The van der Waals surface area contributed by atoms with Gasteiger partial charge in [0.15, 0.2) is 0 Å². The fourth-order valence-corrected chi connectivity index (χ4v) is 2.95. The van der Waals surface area contributed by atoms with Crippen molar-refractivity contribution in [1.82, 2.24) is 5.32 Å². The molecule has 0 radical (unpaired) electrons. The van der Waals surface area contributed by atoms with Crippen LogP contribution in [-0.2, 0) is 16.1 Å². The van der Waals surface area contributed by atoms with Crippen molar-refractivity contribution >= 4 is 17.5 Å². The third kappa shape index (κ3) is 3.26. The molecule has 23 heavy (non-hydrogen) atoms. The molecule has 1 aliphatic rings. The Labute approximate surface area is 136 Å². The van der Waals surface area contributed by atoms with E-state index in [2.05, 4.69) is 5.32 Å². The average Bonchev–Trinajstić information content (AvgIpc) is 2.96. The van der Waals surface area contributed by atoms with Crippen LogP contribution >= 0.6 is 0 Å². The van der Waals surface area contributed by atoms with Crippen molar-refractivity contribution in [2.45, 2.75) is 32.4 Å². The van der Waals surface area contributed by atoms with Crippen LogP contribution in [0.25, 0.3) is 0 Å². The van der Waals surface area contributed by atoms with Crippen molar-refractivity contribution in [1.29, 1.82) is 0 Å². The first-order valence-corrected chi connectivity index (χ1v) is 7.86. The Balaban J connectivity index is 1.71. The molecule has 0 aliphatic carbocycles. The van der Waals surface area contributed by atoms with Gasteiger partial charge in [-0.3, -0.25) is 14.5 Å². The number of anilines is 1. The van der Waals surface area contributed by atoms with Crippen LogP contribution in [0.4, 0.5) is 5.69 Å². The lowest BCUT2D eigenvalue weighted by atomic mass is 10.1. The summed E-state index contributed by atoms with van der Waals surface area (Å²) in [4.78, 5) is 26.3. The van der Waals surface area contributed by atoms with Gasteiger partial charge < -0.3 is 5.32 Å². The first-order chi connectivity index (χ1) is 11.2. The molecule has 1 heterocycles. The van der Waals surface area contributed by atoms with Gasteiger partial charge in [-0.25, -0.2) is 0 Å². The van der Waals surface area contributed by atoms with Crippen molar-refractivity contribution < 1.29 is 9.59 Å². The minimum absolute atomic E-state index is 0.00671. The van der Waals surface area contributed by atoms with Gasteiger partial charge in [-0.15, -0.1) is 0 Å². The SMILES string of the molecule is Cc1ccccc1CNC(=O)C1CCC(=O)N1c1ccccc1. The van der Waals surface area contributed by atoms with E-state index >= 15 is 0 Å². The van der Waals surface area contributed by atoms with E-state index in [0.717, 1.165) is 16.8 Å². The zero-order valence-electron chi connectivity index (χ0n) is 13.2. The van der Waals surface area contributed by atoms with E-state index in [9.17, 15) is 9.59 Å². The highest BCUT2D eigenvalue weighted by Gasteiger charge is 2.36. The number of benzene rings is 2. The molecule has 118 valence electrons. The Bertz CT molecular complexity index is 712. The summed E-state index contributed by atoms with van der Waals surface area (Å²) < 4.78 is 0. The number of para-hydroxylation sites is 1. The molecule has 3 rings (SSSR count).